The second-order valence-electron chi connectivity index (χ2n) is 5.81. The lowest BCUT2D eigenvalue weighted by Crippen LogP contribution is -2.50. The minimum Gasteiger partial charge on any atom is -0.299 e. The van der Waals surface area contributed by atoms with Crippen LogP contribution in [0, 0.1) is 12.8 Å². The van der Waals surface area contributed by atoms with Crippen molar-refractivity contribution in [2.45, 2.75) is 43.5 Å². The fraction of sp³-hybridized carbons (Fsp3) is 0.533. The first kappa shape index (κ1) is 13.8. The molecule has 0 aromatic heterocycles. The van der Waals surface area contributed by atoms with Crippen molar-refractivity contribution in [3.63, 3.8) is 0 Å². The summed E-state index contributed by atoms with van der Waals surface area (Å²) in [5.74, 6) is 0.395. The maximum Gasteiger partial charge on any atom is 0.243 e. The molecule has 20 heavy (non-hydrogen) atoms. The molecular formula is C15H19NO3S. The standard InChI is InChI=1S/C15H19NO3S/c1-11-2-5-14(6-3-11)20(18,19)16-9-8-12-10-13(16)4-7-15(12)17/h2-3,5-6,12-13H,4,7-10H2,1H3. The van der Waals surface area contributed by atoms with Crippen LogP contribution in [-0.4, -0.2) is 31.1 Å². The summed E-state index contributed by atoms with van der Waals surface area (Å²) in [7, 11) is -3.43. The number of piperidine rings is 1. The Bertz CT molecular complexity index is 621. The largest absolute Gasteiger partial charge is 0.299 e. The van der Waals surface area contributed by atoms with E-state index in [-0.39, 0.29) is 12.0 Å². The van der Waals surface area contributed by atoms with Gasteiger partial charge >= 0.3 is 0 Å². The Morgan fingerprint density at radius 3 is 2.55 bits per heavy atom. The van der Waals surface area contributed by atoms with Crippen LogP contribution in [0.15, 0.2) is 29.2 Å². The SMILES string of the molecule is Cc1ccc(S(=O)(=O)N2CCC3CC2CCC3=O)cc1. The van der Waals surface area contributed by atoms with Crippen molar-refractivity contribution in [1.82, 2.24) is 4.31 Å². The molecule has 1 aliphatic heterocycles. The van der Waals surface area contributed by atoms with E-state index in [0.717, 1.165) is 5.56 Å². The summed E-state index contributed by atoms with van der Waals surface area (Å²) >= 11 is 0. The topological polar surface area (TPSA) is 54.5 Å². The predicted molar refractivity (Wildman–Crippen MR) is 75.8 cm³/mol. The van der Waals surface area contributed by atoms with Crippen LogP contribution in [-0.2, 0) is 14.8 Å². The van der Waals surface area contributed by atoms with E-state index in [1.807, 2.05) is 19.1 Å². The van der Waals surface area contributed by atoms with Crippen molar-refractivity contribution in [3.8, 4) is 0 Å². The fourth-order valence-corrected chi connectivity index (χ4v) is 4.94. The molecule has 0 amide bonds. The number of sulfonamides is 1. The molecule has 2 unspecified atom stereocenters. The van der Waals surface area contributed by atoms with Crippen molar-refractivity contribution in [3.05, 3.63) is 29.8 Å². The third-order valence-corrected chi connectivity index (χ3v) is 6.43. The molecule has 2 fully saturated rings. The van der Waals surface area contributed by atoms with E-state index in [1.165, 1.54) is 0 Å². The second kappa shape index (κ2) is 4.97. The number of Topliss-reactive ketones (excluding diaryl/α,β-unsaturated/α-hetero) is 1. The van der Waals surface area contributed by atoms with Gasteiger partial charge in [-0.3, -0.25) is 4.79 Å². The molecule has 1 aromatic rings. The average molecular weight is 293 g/mol. The van der Waals surface area contributed by atoms with Crippen LogP contribution in [0.1, 0.15) is 31.2 Å². The van der Waals surface area contributed by atoms with Gasteiger partial charge in [0.1, 0.15) is 5.78 Å². The molecule has 0 N–H and O–H groups in total. The highest BCUT2D eigenvalue weighted by Crippen LogP contribution is 2.35. The lowest BCUT2D eigenvalue weighted by atomic mass is 9.80. The zero-order valence-corrected chi connectivity index (χ0v) is 12.4. The highest BCUT2D eigenvalue weighted by molar-refractivity contribution is 7.89. The van der Waals surface area contributed by atoms with Gasteiger partial charge in [0.2, 0.25) is 10.0 Å². The molecule has 3 rings (SSSR count). The quantitative estimate of drug-likeness (QED) is 0.839. The van der Waals surface area contributed by atoms with E-state index in [9.17, 15) is 13.2 Å². The van der Waals surface area contributed by atoms with Gasteiger partial charge < -0.3 is 0 Å². The molecule has 0 spiro atoms. The predicted octanol–water partition coefficient (Wildman–Crippen LogP) is 2.13. The molecule has 1 aliphatic carbocycles. The number of hydrogen-bond donors (Lipinski definition) is 0. The average Bonchev–Trinajstić information content (AvgIpc) is 2.44. The molecule has 1 heterocycles. The lowest BCUT2D eigenvalue weighted by molar-refractivity contribution is -0.127. The number of carbonyl (C=O) groups excluding carboxylic acids is 1. The van der Waals surface area contributed by atoms with Gasteiger partial charge in [0, 0.05) is 24.9 Å². The van der Waals surface area contributed by atoms with Gasteiger partial charge in [0.15, 0.2) is 0 Å². The molecule has 0 radical (unpaired) electrons. The van der Waals surface area contributed by atoms with Gasteiger partial charge in [-0.15, -0.1) is 0 Å². The van der Waals surface area contributed by atoms with Crippen molar-refractivity contribution < 1.29 is 13.2 Å². The van der Waals surface area contributed by atoms with Gasteiger partial charge in [-0.25, -0.2) is 8.42 Å². The number of ketones is 1. The zero-order chi connectivity index (χ0) is 14.3. The minimum atomic E-state index is -3.43. The Hall–Kier alpha value is -1.20. The smallest absolute Gasteiger partial charge is 0.243 e. The van der Waals surface area contributed by atoms with E-state index in [4.69, 9.17) is 0 Å². The first-order chi connectivity index (χ1) is 9.48. The van der Waals surface area contributed by atoms with Crippen LogP contribution in [0.4, 0.5) is 0 Å². The van der Waals surface area contributed by atoms with Crippen LogP contribution in [0.2, 0.25) is 0 Å². The minimum absolute atomic E-state index is 0.00208. The van der Waals surface area contributed by atoms with E-state index in [1.54, 1.807) is 16.4 Å². The van der Waals surface area contributed by atoms with Crippen LogP contribution >= 0.6 is 0 Å². The van der Waals surface area contributed by atoms with E-state index in [2.05, 4.69) is 0 Å². The Kier molecular flexibility index (Phi) is 3.42. The first-order valence-corrected chi connectivity index (χ1v) is 8.54. The number of hydrogen-bond acceptors (Lipinski definition) is 3. The van der Waals surface area contributed by atoms with Crippen molar-refractivity contribution in [2.24, 2.45) is 5.92 Å². The number of fused-ring (bicyclic) bond motifs is 2. The molecule has 1 saturated heterocycles. The molecular weight excluding hydrogens is 274 g/mol. The highest BCUT2D eigenvalue weighted by atomic mass is 32.2. The molecule has 2 bridgehead atoms. The molecule has 5 heteroatoms. The van der Waals surface area contributed by atoms with Crippen LogP contribution in [0.5, 0.6) is 0 Å². The molecule has 108 valence electrons. The number of benzene rings is 1. The van der Waals surface area contributed by atoms with Crippen molar-refractivity contribution in [1.29, 1.82) is 0 Å². The third-order valence-electron chi connectivity index (χ3n) is 4.47. The van der Waals surface area contributed by atoms with E-state index >= 15 is 0 Å². The summed E-state index contributed by atoms with van der Waals surface area (Å²) < 4.78 is 27.1. The fourth-order valence-electron chi connectivity index (χ4n) is 3.26. The maximum absolute atomic E-state index is 12.7. The lowest BCUT2D eigenvalue weighted by Gasteiger charge is -2.41. The monoisotopic (exact) mass is 293 g/mol. The second-order valence-corrected chi connectivity index (χ2v) is 7.70. The van der Waals surface area contributed by atoms with Crippen LogP contribution < -0.4 is 0 Å². The maximum atomic E-state index is 12.7. The summed E-state index contributed by atoms with van der Waals surface area (Å²) in [6.07, 6.45) is 2.56. The summed E-state index contributed by atoms with van der Waals surface area (Å²) in [6, 6.07) is 6.99. The Labute approximate surface area is 119 Å². The van der Waals surface area contributed by atoms with Gasteiger partial charge in [0.25, 0.3) is 0 Å². The van der Waals surface area contributed by atoms with Gasteiger partial charge in [0.05, 0.1) is 4.90 Å². The molecule has 1 aromatic carbocycles. The third kappa shape index (κ3) is 2.29. The van der Waals surface area contributed by atoms with Gasteiger partial charge in [-0.05, 0) is 38.3 Å². The van der Waals surface area contributed by atoms with Gasteiger partial charge in [-0.1, -0.05) is 17.7 Å². The van der Waals surface area contributed by atoms with E-state index in [0.29, 0.717) is 42.9 Å². The van der Waals surface area contributed by atoms with Crippen LogP contribution in [0.3, 0.4) is 0 Å². The Balaban J connectivity index is 1.88. The van der Waals surface area contributed by atoms with E-state index < -0.39 is 10.0 Å². The highest BCUT2D eigenvalue weighted by Gasteiger charge is 2.41. The van der Waals surface area contributed by atoms with Crippen molar-refractivity contribution >= 4 is 15.8 Å². The number of rotatable bonds is 2. The number of aryl methyl sites for hydroxylation is 1. The Morgan fingerprint density at radius 2 is 1.85 bits per heavy atom. The number of carbonyl (C=O) groups is 1. The summed E-state index contributed by atoms with van der Waals surface area (Å²) in [5.41, 5.74) is 1.05. The molecule has 2 aliphatic rings. The summed E-state index contributed by atoms with van der Waals surface area (Å²) in [6.45, 7) is 2.41. The van der Waals surface area contributed by atoms with Gasteiger partial charge in [-0.2, -0.15) is 4.31 Å². The van der Waals surface area contributed by atoms with Crippen LogP contribution in [0.25, 0.3) is 0 Å². The number of nitrogens with zero attached hydrogens (tertiary/aromatic N) is 1. The zero-order valence-electron chi connectivity index (χ0n) is 11.6. The first-order valence-electron chi connectivity index (χ1n) is 7.10. The Morgan fingerprint density at radius 1 is 1.15 bits per heavy atom. The normalized spacial score (nSPS) is 27.6. The molecule has 1 saturated carbocycles. The van der Waals surface area contributed by atoms with Crippen molar-refractivity contribution in [2.75, 3.05) is 6.54 Å². The molecule has 2 atom stereocenters. The molecule has 4 nitrogen and oxygen atoms in total. The summed E-state index contributed by atoms with van der Waals surface area (Å²) in [4.78, 5) is 12.1. The summed E-state index contributed by atoms with van der Waals surface area (Å²) in [5, 5.41) is 0.